The van der Waals surface area contributed by atoms with Crippen molar-refractivity contribution in [3.8, 4) is 0 Å². The van der Waals surface area contributed by atoms with Gasteiger partial charge in [-0.05, 0) is 12.8 Å². The van der Waals surface area contributed by atoms with E-state index in [2.05, 4.69) is 4.74 Å². The number of carbonyl (C=O) groups excluding carboxylic acids is 3. The summed E-state index contributed by atoms with van der Waals surface area (Å²) in [7, 11) is 1.32. The van der Waals surface area contributed by atoms with Crippen molar-refractivity contribution >= 4 is 17.5 Å². The molecule has 0 bridgehead atoms. The smallest absolute Gasteiger partial charge is 0.330 e. The van der Waals surface area contributed by atoms with Crippen LogP contribution >= 0.6 is 0 Å². The van der Waals surface area contributed by atoms with E-state index in [1.54, 1.807) is 6.08 Å². The monoisotopic (exact) mass is 238 g/mol. The Labute approximate surface area is 101 Å². The molecule has 0 spiro atoms. The lowest BCUT2D eigenvalue weighted by atomic mass is 9.71. The van der Waals surface area contributed by atoms with Crippen molar-refractivity contribution in [1.82, 2.24) is 0 Å². The van der Waals surface area contributed by atoms with Crippen LogP contribution in [0.4, 0.5) is 0 Å². The van der Waals surface area contributed by atoms with Gasteiger partial charge < -0.3 is 4.74 Å². The highest BCUT2D eigenvalue weighted by Gasteiger charge is 2.37. The molecule has 0 aromatic carbocycles. The van der Waals surface area contributed by atoms with Gasteiger partial charge in [0.25, 0.3) is 0 Å². The minimum Gasteiger partial charge on any atom is -0.466 e. The second-order valence-electron chi connectivity index (χ2n) is 4.66. The molecular formula is C13H18O4. The van der Waals surface area contributed by atoms with E-state index in [0.717, 1.165) is 0 Å². The lowest BCUT2D eigenvalue weighted by Gasteiger charge is -2.30. The van der Waals surface area contributed by atoms with E-state index in [9.17, 15) is 14.4 Å². The van der Waals surface area contributed by atoms with Crippen LogP contribution in [-0.4, -0.2) is 24.6 Å². The minimum absolute atomic E-state index is 0.156. The molecule has 0 saturated heterocycles. The zero-order chi connectivity index (χ0) is 12.9. The van der Waals surface area contributed by atoms with Gasteiger partial charge in [0.1, 0.15) is 11.6 Å². The molecule has 1 rings (SSSR count). The summed E-state index contributed by atoms with van der Waals surface area (Å²) < 4.78 is 4.46. The molecule has 1 aliphatic rings. The molecule has 0 N–H and O–H groups in total. The highest BCUT2D eigenvalue weighted by Crippen LogP contribution is 2.35. The van der Waals surface area contributed by atoms with Gasteiger partial charge in [0.05, 0.1) is 7.11 Å². The third kappa shape index (κ3) is 3.80. The van der Waals surface area contributed by atoms with Crippen molar-refractivity contribution in [2.75, 3.05) is 7.11 Å². The Kier molecular flexibility index (Phi) is 4.61. The number of allylic oxidation sites excluding steroid dienone is 1. The summed E-state index contributed by atoms with van der Waals surface area (Å²) >= 11 is 0. The summed E-state index contributed by atoms with van der Waals surface area (Å²) in [6.45, 7) is 1.83. The molecule has 0 aromatic rings. The predicted molar refractivity (Wildman–Crippen MR) is 62.4 cm³/mol. The molecule has 4 heteroatoms. The zero-order valence-corrected chi connectivity index (χ0v) is 10.3. The summed E-state index contributed by atoms with van der Waals surface area (Å²) in [6.07, 6.45) is 5.30. The average molecular weight is 238 g/mol. The molecule has 1 atom stereocenters. The fraction of sp³-hybridized carbons (Fsp3) is 0.615. The maximum Gasteiger partial charge on any atom is 0.330 e. The summed E-state index contributed by atoms with van der Waals surface area (Å²) in [6, 6.07) is 0. The number of esters is 1. The van der Waals surface area contributed by atoms with E-state index >= 15 is 0 Å². The maximum atomic E-state index is 11.8. The quantitative estimate of drug-likeness (QED) is 0.553. The molecule has 0 aromatic heterocycles. The van der Waals surface area contributed by atoms with Gasteiger partial charge in [-0.25, -0.2) is 4.79 Å². The van der Waals surface area contributed by atoms with E-state index in [1.807, 2.05) is 6.92 Å². The molecule has 1 saturated carbocycles. The number of ketones is 2. The van der Waals surface area contributed by atoms with Crippen LogP contribution in [0.2, 0.25) is 0 Å². The zero-order valence-electron chi connectivity index (χ0n) is 10.3. The molecule has 94 valence electrons. The SMILES string of the molecule is COC(=O)/C=C/CCC1(C)CC(=O)CCC1=O. The number of methoxy groups -OCH3 is 1. The van der Waals surface area contributed by atoms with E-state index < -0.39 is 11.4 Å². The number of carbonyl (C=O) groups is 3. The first-order chi connectivity index (χ1) is 7.98. The Morgan fingerprint density at radius 2 is 2.12 bits per heavy atom. The van der Waals surface area contributed by atoms with Gasteiger partial charge in [-0.2, -0.15) is 0 Å². The van der Waals surface area contributed by atoms with Crippen molar-refractivity contribution in [3.63, 3.8) is 0 Å². The van der Waals surface area contributed by atoms with Crippen LogP contribution in [0.3, 0.4) is 0 Å². The maximum absolute atomic E-state index is 11.8. The molecule has 17 heavy (non-hydrogen) atoms. The lowest BCUT2D eigenvalue weighted by molar-refractivity contribution is -0.138. The van der Waals surface area contributed by atoms with Gasteiger partial charge in [0, 0.05) is 30.8 Å². The third-order valence-electron chi connectivity index (χ3n) is 3.21. The molecule has 0 heterocycles. The van der Waals surface area contributed by atoms with Crippen LogP contribution in [0, 0.1) is 5.41 Å². The molecule has 0 aliphatic heterocycles. The summed E-state index contributed by atoms with van der Waals surface area (Å²) in [5, 5.41) is 0. The fourth-order valence-corrected chi connectivity index (χ4v) is 2.05. The van der Waals surface area contributed by atoms with Gasteiger partial charge in [-0.15, -0.1) is 0 Å². The topological polar surface area (TPSA) is 60.4 Å². The van der Waals surface area contributed by atoms with Crippen LogP contribution in [0.15, 0.2) is 12.2 Å². The van der Waals surface area contributed by atoms with E-state index in [0.29, 0.717) is 32.1 Å². The van der Waals surface area contributed by atoms with Gasteiger partial charge >= 0.3 is 5.97 Å². The minimum atomic E-state index is -0.546. The molecule has 0 amide bonds. The third-order valence-corrected chi connectivity index (χ3v) is 3.21. The molecule has 1 fully saturated rings. The molecule has 1 unspecified atom stereocenters. The predicted octanol–water partition coefficient (Wildman–Crippen LogP) is 1.82. The standard InChI is InChI=1S/C13H18O4/c1-13(8-4-3-5-12(16)17-2)9-10(14)6-7-11(13)15/h3,5H,4,6-9H2,1-2H3/b5-3+. The summed E-state index contributed by atoms with van der Waals surface area (Å²) in [5.74, 6) is -0.0891. The van der Waals surface area contributed by atoms with Gasteiger partial charge in [0.2, 0.25) is 0 Å². The van der Waals surface area contributed by atoms with Gasteiger partial charge in [-0.1, -0.05) is 13.0 Å². The van der Waals surface area contributed by atoms with E-state index in [4.69, 9.17) is 0 Å². The Morgan fingerprint density at radius 3 is 2.76 bits per heavy atom. The van der Waals surface area contributed by atoms with Crippen molar-refractivity contribution in [2.24, 2.45) is 5.41 Å². The first-order valence-electron chi connectivity index (χ1n) is 5.77. The molecule has 4 nitrogen and oxygen atoms in total. The van der Waals surface area contributed by atoms with Gasteiger partial charge in [0.15, 0.2) is 0 Å². The second-order valence-corrected chi connectivity index (χ2v) is 4.66. The summed E-state index contributed by atoms with van der Waals surface area (Å²) in [5.41, 5.74) is -0.546. The van der Waals surface area contributed by atoms with E-state index in [1.165, 1.54) is 13.2 Å². The first-order valence-corrected chi connectivity index (χ1v) is 5.77. The van der Waals surface area contributed by atoms with Crippen LogP contribution in [0.5, 0.6) is 0 Å². The van der Waals surface area contributed by atoms with Crippen LogP contribution < -0.4 is 0 Å². The average Bonchev–Trinajstić information content (AvgIpc) is 2.29. The highest BCUT2D eigenvalue weighted by atomic mass is 16.5. The van der Waals surface area contributed by atoms with Crippen LogP contribution in [0.1, 0.15) is 39.0 Å². The van der Waals surface area contributed by atoms with Crippen LogP contribution in [-0.2, 0) is 19.1 Å². The molecule has 1 aliphatic carbocycles. The number of hydrogen-bond donors (Lipinski definition) is 0. The fourth-order valence-electron chi connectivity index (χ4n) is 2.05. The number of ether oxygens (including phenoxy) is 1. The van der Waals surface area contributed by atoms with Crippen molar-refractivity contribution in [1.29, 1.82) is 0 Å². The number of rotatable bonds is 4. The van der Waals surface area contributed by atoms with Crippen molar-refractivity contribution in [2.45, 2.75) is 39.0 Å². The highest BCUT2D eigenvalue weighted by molar-refractivity contribution is 5.97. The summed E-state index contributed by atoms with van der Waals surface area (Å²) in [4.78, 5) is 34.0. The lowest BCUT2D eigenvalue weighted by Crippen LogP contribution is -2.35. The Hall–Kier alpha value is -1.45. The first kappa shape index (κ1) is 13.6. The van der Waals surface area contributed by atoms with Crippen molar-refractivity contribution in [3.05, 3.63) is 12.2 Å². The Morgan fingerprint density at radius 1 is 1.41 bits per heavy atom. The normalized spacial score (nSPS) is 25.3. The molecule has 0 radical (unpaired) electrons. The van der Waals surface area contributed by atoms with Crippen molar-refractivity contribution < 1.29 is 19.1 Å². The molecular weight excluding hydrogens is 220 g/mol. The number of Topliss-reactive ketones (excluding diaryl/α,β-unsaturated/α-hetero) is 2. The Bertz CT molecular complexity index is 356. The second kappa shape index (κ2) is 5.75. The van der Waals surface area contributed by atoms with Crippen LogP contribution in [0.25, 0.3) is 0 Å². The largest absolute Gasteiger partial charge is 0.466 e. The Balaban J connectivity index is 2.48. The van der Waals surface area contributed by atoms with Gasteiger partial charge in [-0.3, -0.25) is 9.59 Å². The number of hydrogen-bond acceptors (Lipinski definition) is 4. The van der Waals surface area contributed by atoms with E-state index in [-0.39, 0.29) is 11.6 Å².